The SMILES string of the molecule is O=C(c1ccc(OC2CCN(Cc3ccccn3)CC2)cc1)N1CCCC1. The van der Waals surface area contributed by atoms with Gasteiger partial charge in [-0.25, -0.2) is 0 Å². The summed E-state index contributed by atoms with van der Waals surface area (Å²) in [4.78, 5) is 21.2. The van der Waals surface area contributed by atoms with Gasteiger partial charge in [0.25, 0.3) is 5.91 Å². The molecule has 4 rings (SSSR count). The topological polar surface area (TPSA) is 45.7 Å². The highest BCUT2D eigenvalue weighted by Crippen LogP contribution is 2.21. The van der Waals surface area contributed by atoms with Gasteiger partial charge in [0, 0.05) is 44.5 Å². The van der Waals surface area contributed by atoms with Gasteiger partial charge >= 0.3 is 0 Å². The van der Waals surface area contributed by atoms with Gasteiger partial charge in [0.05, 0.1) is 5.69 Å². The third kappa shape index (κ3) is 4.66. The standard InChI is InChI=1S/C22H27N3O2/c26-22(25-13-3-4-14-25)18-6-8-20(9-7-18)27-21-10-15-24(16-11-21)17-19-5-1-2-12-23-19/h1-2,5-9,12,21H,3-4,10-11,13-17H2. The summed E-state index contributed by atoms with van der Waals surface area (Å²) >= 11 is 0. The lowest BCUT2D eigenvalue weighted by molar-refractivity contribution is 0.0792. The molecule has 2 fully saturated rings. The Kier molecular flexibility index (Phi) is 5.68. The molecule has 142 valence electrons. The molecule has 0 saturated carbocycles. The number of amides is 1. The number of carbonyl (C=O) groups excluding carboxylic acids is 1. The van der Waals surface area contributed by atoms with E-state index in [0.717, 1.165) is 75.4 Å². The first-order valence-electron chi connectivity index (χ1n) is 9.96. The zero-order chi connectivity index (χ0) is 18.5. The van der Waals surface area contributed by atoms with E-state index in [-0.39, 0.29) is 12.0 Å². The van der Waals surface area contributed by atoms with E-state index >= 15 is 0 Å². The van der Waals surface area contributed by atoms with E-state index in [1.165, 1.54) is 0 Å². The Balaban J connectivity index is 1.26. The number of pyridine rings is 1. The minimum absolute atomic E-state index is 0.141. The molecule has 27 heavy (non-hydrogen) atoms. The lowest BCUT2D eigenvalue weighted by atomic mass is 10.1. The van der Waals surface area contributed by atoms with E-state index in [2.05, 4.69) is 16.0 Å². The van der Waals surface area contributed by atoms with Crippen LogP contribution in [0.1, 0.15) is 41.7 Å². The predicted molar refractivity (Wildman–Crippen MR) is 105 cm³/mol. The van der Waals surface area contributed by atoms with Crippen LogP contribution in [0.5, 0.6) is 5.75 Å². The van der Waals surface area contributed by atoms with Crippen molar-refractivity contribution < 1.29 is 9.53 Å². The quantitative estimate of drug-likeness (QED) is 0.815. The summed E-state index contributed by atoms with van der Waals surface area (Å²) in [5.41, 5.74) is 1.88. The lowest BCUT2D eigenvalue weighted by Gasteiger charge is -2.31. The van der Waals surface area contributed by atoms with Crippen LogP contribution in [0, 0.1) is 0 Å². The normalized spacial score (nSPS) is 18.6. The maximum Gasteiger partial charge on any atom is 0.253 e. The van der Waals surface area contributed by atoms with Crippen LogP contribution in [-0.4, -0.2) is 53.0 Å². The molecule has 0 radical (unpaired) electrons. The van der Waals surface area contributed by atoms with Crippen LogP contribution in [0.15, 0.2) is 48.7 Å². The Morgan fingerprint density at radius 2 is 1.74 bits per heavy atom. The Morgan fingerprint density at radius 1 is 1.00 bits per heavy atom. The number of hydrogen-bond acceptors (Lipinski definition) is 4. The first-order chi connectivity index (χ1) is 13.3. The second kappa shape index (κ2) is 8.53. The van der Waals surface area contributed by atoms with Crippen molar-refractivity contribution in [3.8, 4) is 5.75 Å². The molecule has 3 heterocycles. The van der Waals surface area contributed by atoms with Crippen molar-refractivity contribution in [3.63, 3.8) is 0 Å². The second-order valence-corrected chi connectivity index (χ2v) is 7.44. The number of hydrogen-bond donors (Lipinski definition) is 0. The van der Waals surface area contributed by atoms with Crippen LogP contribution in [0.2, 0.25) is 0 Å². The van der Waals surface area contributed by atoms with Gasteiger partial charge in [-0.1, -0.05) is 6.07 Å². The van der Waals surface area contributed by atoms with Crippen molar-refractivity contribution in [2.45, 2.75) is 38.3 Å². The molecule has 2 aliphatic rings. The number of nitrogens with zero attached hydrogens (tertiary/aromatic N) is 3. The largest absolute Gasteiger partial charge is 0.490 e. The molecule has 2 aliphatic heterocycles. The average molecular weight is 365 g/mol. The first-order valence-corrected chi connectivity index (χ1v) is 9.96. The molecular weight excluding hydrogens is 338 g/mol. The number of likely N-dealkylation sites (tertiary alicyclic amines) is 2. The van der Waals surface area contributed by atoms with Crippen molar-refractivity contribution in [2.24, 2.45) is 0 Å². The van der Waals surface area contributed by atoms with E-state index in [0.29, 0.717) is 0 Å². The number of ether oxygens (including phenoxy) is 1. The minimum Gasteiger partial charge on any atom is -0.490 e. The fourth-order valence-electron chi connectivity index (χ4n) is 3.88. The van der Waals surface area contributed by atoms with Crippen LogP contribution < -0.4 is 4.74 Å². The smallest absolute Gasteiger partial charge is 0.253 e. The molecule has 1 aromatic carbocycles. The molecular formula is C22H27N3O2. The van der Waals surface area contributed by atoms with Crippen LogP contribution in [0.4, 0.5) is 0 Å². The number of benzene rings is 1. The van der Waals surface area contributed by atoms with E-state index < -0.39 is 0 Å². The molecule has 0 aliphatic carbocycles. The highest BCUT2D eigenvalue weighted by atomic mass is 16.5. The first kappa shape index (κ1) is 18.0. The lowest BCUT2D eigenvalue weighted by Crippen LogP contribution is -2.37. The van der Waals surface area contributed by atoms with Crippen LogP contribution in [-0.2, 0) is 6.54 Å². The molecule has 0 N–H and O–H groups in total. The van der Waals surface area contributed by atoms with E-state index in [1.54, 1.807) is 0 Å². The summed E-state index contributed by atoms with van der Waals surface area (Å²) in [5, 5.41) is 0. The molecule has 5 nitrogen and oxygen atoms in total. The Labute approximate surface area is 161 Å². The zero-order valence-corrected chi connectivity index (χ0v) is 15.7. The van der Waals surface area contributed by atoms with Crippen molar-refractivity contribution in [1.29, 1.82) is 0 Å². The maximum atomic E-state index is 12.4. The highest BCUT2D eigenvalue weighted by molar-refractivity contribution is 5.94. The number of carbonyl (C=O) groups is 1. The van der Waals surface area contributed by atoms with Gasteiger partial charge in [-0.15, -0.1) is 0 Å². The number of piperidine rings is 1. The van der Waals surface area contributed by atoms with Crippen molar-refractivity contribution in [2.75, 3.05) is 26.2 Å². The molecule has 1 aromatic heterocycles. The van der Waals surface area contributed by atoms with Gasteiger partial charge in [0.1, 0.15) is 11.9 Å². The molecule has 2 saturated heterocycles. The molecule has 0 atom stereocenters. The fourth-order valence-corrected chi connectivity index (χ4v) is 3.88. The summed E-state index contributed by atoms with van der Waals surface area (Å²) < 4.78 is 6.15. The van der Waals surface area contributed by atoms with E-state index in [9.17, 15) is 4.79 Å². The van der Waals surface area contributed by atoms with Crippen molar-refractivity contribution >= 4 is 5.91 Å². The van der Waals surface area contributed by atoms with Crippen LogP contribution >= 0.6 is 0 Å². The third-order valence-electron chi connectivity index (χ3n) is 5.44. The summed E-state index contributed by atoms with van der Waals surface area (Å²) in [7, 11) is 0. The molecule has 5 heteroatoms. The molecule has 0 unspecified atom stereocenters. The monoisotopic (exact) mass is 365 g/mol. The zero-order valence-electron chi connectivity index (χ0n) is 15.7. The Bertz CT molecular complexity index is 734. The highest BCUT2D eigenvalue weighted by Gasteiger charge is 2.22. The van der Waals surface area contributed by atoms with Crippen molar-refractivity contribution in [3.05, 3.63) is 59.9 Å². The summed E-state index contributed by atoms with van der Waals surface area (Å²) in [5.74, 6) is 0.998. The van der Waals surface area contributed by atoms with Gasteiger partial charge in [-0.2, -0.15) is 0 Å². The van der Waals surface area contributed by atoms with Gasteiger partial charge < -0.3 is 9.64 Å². The summed E-state index contributed by atoms with van der Waals surface area (Å²) in [6, 6.07) is 13.7. The Morgan fingerprint density at radius 3 is 2.41 bits per heavy atom. The predicted octanol–water partition coefficient (Wildman–Crippen LogP) is 3.36. The summed E-state index contributed by atoms with van der Waals surface area (Å²) in [6.45, 7) is 4.71. The van der Waals surface area contributed by atoms with Crippen LogP contribution in [0.3, 0.4) is 0 Å². The maximum absolute atomic E-state index is 12.4. The number of aromatic nitrogens is 1. The van der Waals surface area contributed by atoms with Gasteiger partial charge in [0.2, 0.25) is 0 Å². The average Bonchev–Trinajstić information content (AvgIpc) is 3.25. The second-order valence-electron chi connectivity index (χ2n) is 7.44. The van der Waals surface area contributed by atoms with Gasteiger partial charge in [-0.3, -0.25) is 14.7 Å². The molecule has 2 aromatic rings. The fraction of sp³-hybridized carbons (Fsp3) is 0.455. The van der Waals surface area contributed by atoms with Gasteiger partial charge in [-0.05, 0) is 62.1 Å². The van der Waals surface area contributed by atoms with Crippen LogP contribution in [0.25, 0.3) is 0 Å². The summed E-state index contributed by atoms with van der Waals surface area (Å²) in [6.07, 6.45) is 6.36. The third-order valence-corrected chi connectivity index (χ3v) is 5.44. The van der Waals surface area contributed by atoms with E-state index in [1.807, 2.05) is 47.5 Å². The Hall–Kier alpha value is -2.40. The van der Waals surface area contributed by atoms with E-state index in [4.69, 9.17) is 4.74 Å². The van der Waals surface area contributed by atoms with Crippen molar-refractivity contribution in [1.82, 2.24) is 14.8 Å². The minimum atomic E-state index is 0.141. The van der Waals surface area contributed by atoms with Gasteiger partial charge in [0.15, 0.2) is 0 Å². The number of rotatable bonds is 5. The molecule has 0 spiro atoms. The molecule has 0 bridgehead atoms. The molecule has 1 amide bonds.